The van der Waals surface area contributed by atoms with Gasteiger partial charge in [0.05, 0.1) is 11.4 Å². The Morgan fingerprint density at radius 2 is 0.704 bits per heavy atom. The molecule has 4 heteroatoms. The van der Waals surface area contributed by atoms with Crippen molar-refractivity contribution in [2.24, 2.45) is 0 Å². The first-order chi connectivity index (χ1) is 26.0. The molecule has 0 N–H and O–H groups in total. The maximum atomic E-state index is 2.49. The molecule has 2 nitrogen and oxygen atoms in total. The Morgan fingerprint density at radius 1 is 0.352 bits per heavy atom. The molecule has 8 aromatic rings. The van der Waals surface area contributed by atoms with E-state index in [2.05, 4.69) is 197 Å². The average molecular weight is 735 g/mol. The third kappa shape index (κ3) is 5.58. The third-order valence-electron chi connectivity index (χ3n) is 11.0. The van der Waals surface area contributed by atoms with Crippen LogP contribution < -0.4 is 9.80 Å². The summed E-state index contributed by atoms with van der Waals surface area (Å²) in [4.78, 5) is 7.51. The Labute approximate surface area is 326 Å². The van der Waals surface area contributed by atoms with E-state index in [1.165, 1.54) is 96.8 Å². The molecule has 0 bridgehead atoms. The molecule has 2 aliphatic rings. The summed E-state index contributed by atoms with van der Waals surface area (Å²) in [6.45, 7) is 13.7. The van der Waals surface area contributed by atoms with Crippen LogP contribution in [0.1, 0.15) is 52.7 Å². The lowest BCUT2D eigenvalue weighted by atomic mass is 9.85. The van der Waals surface area contributed by atoms with Gasteiger partial charge < -0.3 is 9.80 Å². The van der Waals surface area contributed by atoms with Crippen molar-refractivity contribution >= 4 is 89.4 Å². The number of nitrogens with zero attached hydrogens (tertiary/aromatic N) is 2. The van der Waals surface area contributed by atoms with Gasteiger partial charge in [-0.05, 0) is 138 Å². The van der Waals surface area contributed by atoms with Crippen molar-refractivity contribution in [1.29, 1.82) is 0 Å². The zero-order valence-corrected chi connectivity index (χ0v) is 33.2. The largest absolute Gasteiger partial charge is 0.301 e. The lowest BCUT2D eigenvalue weighted by Gasteiger charge is -2.27. The zero-order valence-electron chi connectivity index (χ0n) is 31.6. The molecule has 54 heavy (non-hydrogen) atoms. The Bertz CT molecular complexity index is 2680. The lowest BCUT2D eigenvalue weighted by molar-refractivity contribution is 0.591. The predicted molar refractivity (Wildman–Crippen MR) is 236 cm³/mol. The normalized spacial score (nSPS) is 15.9. The highest BCUT2D eigenvalue weighted by atomic mass is 32.2. The first-order valence-electron chi connectivity index (χ1n) is 18.8. The smallest absolute Gasteiger partial charge is 0.116 e. The second kappa shape index (κ2) is 12.2. The highest BCUT2D eigenvalue weighted by Gasteiger charge is 2.36. The molecule has 0 amide bonds. The Morgan fingerprint density at radius 3 is 1.11 bits per heavy atom. The van der Waals surface area contributed by atoms with Crippen LogP contribution in [0.4, 0.5) is 22.7 Å². The van der Waals surface area contributed by atoms with Gasteiger partial charge in [-0.15, -0.1) is 0 Å². The Balaban J connectivity index is 1.14. The summed E-state index contributed by atoms with van der Waals surface area (Å²) in [7, 11) is 0. The predicted octanol–water partition coefficient (Wildman–Crippen LogP) is 15.2. The molecule has 0 unspecified atom stereocenters. The van der Waals surface area contributed by atoms with Crippen molar-refractivity contribution in [2.45, 2.75) is 62.2 Å². The van der Waals surface area contributed by atoms with Crippen molar-refractivity contribution in [3.8, 4) is 0 Å². The summed E-state index contributed by atoms with van der Waals surface area (Å²) in [5.74, 6) is 0. The first-order valence-corrected chi connectivity index (χ1v) is 20.5. The second-order valence-corrected chi connectivity index (χ2v) is 18.9. The van der Waals surface area contributed by atoms with Crippen molar-refractivity contribution in [1.82, 2.24) is 0 Å². The van der Waals surface area contributed by atoms with E-state index in [4.69, 9.17) is 0 Å². The van der Waals surface area contributed by atoms with Crippen LogP contribution in [0.15, 0.2) is 165 Å². The van der Waals surface area contributed by atoms with Crippen LogP contribution in [0.5, 0.6) is 0 Å². The van der Waals surface area contributed by atoms with E-state index in [0.717, 1.165) is 0 Å². The topological polar surface area (TPSA) is 6.48 Å². The maximum absolute atomic E-state index is 2.49. The molecule has 0 saturated carbocycles. The van der Waals surface area contributed by atoms with E-state index in [1.54, 1.807) is 0 Å². The highest BCUT2D eigenvalue weighted by molar-refractivity contribution is 8.07. The fraction of sp³-hybridized carbons (Fsp3) is 0.160. The molecule has 264 valence electrons. The van der Waals surface area contributed by atoms with E-state index in [9.17, 15) is 0 Å². The van der Waals surface area contributed by atoms with Crippen molar-refractivity contribution in [2.75, 3.05) is 9.80 Å². The molecule has 2 aliphatic heterocycles. The van der Waals surface area contributed by atoms with E-state index in [0.29, 0.717) is 0 Å². The van der Waals surface area contributed by atoms with Crippen LogP contribution in [0.3, 0.4) is 0 Å². The number of anilines is 4. The molecular formula is C50H42N2S2. The molecular weight excluding hydrogens is 693 g/mol. The fourth-order valence-electron chi connectivity index (χ4n) is 7.95. The van der Waals surface area contributed by atoms with Gasteiger partial charge >= 0.3 is 0 Å². The molecule has 0 fully saturated rings. The van der Waals surface area contributed by atoms with Crippen molar-refractivity contribution in [3.63, 3.8) is 0 Å². The minimum atomic E-state index is 0.0968. The molecule has 0 aromatic heterocycles. The monoisotopic (exact) mass is 734 g/mol. The van der Waals surface area contributed by atoms with Gasteiger partial charge in [0.1, 0.15) is 10.1 Å². The van der Waals surface area contributed by atoms with Crippen molar-refractivity contribution in [3.05, 3.63) is 167 Å². The summed E-state index contributed by atoms with van der Waals surface area (Å²) in [5.41, 5.74) is 7.69. The molecule has 0 atom stereocenters. The number of hydrogen-bond donors (Lipinski definition) is 0. The summed E-state index contributed by atoms with van der Waals surface area (Å²) in [5, 5.41) is 12.6. The van der Waals surface area contributed by atoms with E-state index < -0.39 is 0 Å². The van der Waals surface area contributed by atoms with Gasteiger partial charge in [-0.25, -0.2) is 0 Å². The molecule has 2 heterocycles. The molecule has 10 rings (SSSR count). The van der Waals surface area contributed by atoms with Crippen LogP contribution in [0.2, 0.25) is 0 Å². The van der Waals surface area contributed by atoms with Gasteiger partial charge in [0.2, 0.25) is 0 Å². The summed E-state index contributed by atoms with van der Waals surface area (Å²) in [6, 6.07) is 54.9. The highest BCUT2D eigenvalue weighted by Crippen LogP contribution is 2.59. The van der Waals surface area contributed by atoms with Crippen LogP contribution in [0.25, 0.3) is 43.1 Å². The maximum Gasteiger partial charge on any atom is 0.116 e. The summed E-state index contributed by atoms with van der Waals surface area (Å²) >= 11 is 3.74. The first kappa shape index (κ1) is 33.4. The van der Waals surface area contributed by atoms with E-state index >= 15 is 0 Å². The van der Waals surface area contributed by atoms with Gasteiger partial charge in [-0.1, -0.05) is 138 Å². The number of fused-ring (bicyclic) bond motifs is 6. The lowest BCUT2D eigenvalue weighted by Crippen LogP contribution is -2.18. The van der Waals surface area contributed by atoms with Gasteiger partial charge in [0, 0.05) is 21.2 Å². The second-order valence-electron chi connectivity index (χ2n) is 16.8. The SMILES string of the molecule is CC(C)(C)c1ccc2cc3ccc(N4/C(=C5\Sc6ccccc6N5c5ccc6cc7ccc(C(C)(C)C)cc7cc6c5)Sc5ccccc54)cc3cc2c1. The minimum Gasteiger partial charge on any atom is -0.301 e. The van der Waals surface area contributed by atoms with Crippen LogP contribution in [0, 0.1) is 0 Å². The number of hydrogen-bond acceptors (Lipinski definition) is 4. The number of thioether (sulfide) groups is 2. The van der Waals surface area contributed by atoms with Crippen LogP contribution >= 0.6 is 23.5 Å². The summed E-state index contributed by atoms with van der Waals surface area (Å²) in [6.07, 6.45) is 0. The van der Waals surface area contributed by atoms with Gasteiger partial charge in [-0.3, -0.25) is 0 Å². The van der Waals surface area contributed by atoms with Crippen LogP contribution in [-0.4, -0.2) is 0 Å². The van der Waals surface area contributed by atoms with Crippen molar-refractivity contribution < 1.29 is 0 Å². The molecule has 0 radical (unpaired) electrons. The molecule has 8 aromatic carbocycles. The van der Waals surface area contributed by atoms with E-state index in [1.807, 2.05) is 23.5 Å². The standard InChI is InChI=1S/C50H42N2S2/c1-49(2,3)39-19-15-31-23-33-17-21-41(29-37(33)25-35(31)27-39)51-43-11-7-9-13-45(43)53-47(51)48-52(44-12-8-10-14-46(44)54-48)42-22-18-34-24-32-16-20-40(50(4,5)6)28-36(32)26-38(34)30-42/h7-30H,1-6H3/b48-47+. The van der Waals surface area contributed by atoms with E-state index in [-0.39, 0.29) is 10.8 Å². The van der Waals surface area contributed by atoms with Gasteiger partial charge in [-0.2, -0.15) is 0 Å². The third-order valence-corrected chi connectivity index (χ3v) is 13.4. The number of rotatable bonds is 2. The molecule has 0 saturated heterocycles. The van der Waals surface area contributed by atoms with Gasteiger partial charge in [0.15, 0.2) is 0 Å². The number of benzene rings is 8. The average Bonchev–Trinajstić information content (AvgIpc) is 3.74. The fourth-order valence-corrected chi connectivity index (χ4v) is 10.4. The minimum absolute atomic E-state index is 0.0968. The quantitative estimate of drug-likeness (QED) is 0.163. The molecule has 0 spiro atoms. The van der Waals surface area contributed by atoms with Gasteiger partial charge in [0.25, 0.3) is 0 Å². The Hall–Kier alpha value is -5.16. The Kier molecular flexibility index (Phi) is 7.53. The zero-order chi connectivity index (χ0) is 36.9. The number of para-hydroxylation sites is 2. The van der Waals surface area contributed by atoms with Crippen LogP contribution in [-0.2, 0) is 10.8 Å². The summed E-state index contributed by atoms with van der Waals surface area (Å²) < 4.78 is 0. The molecule has 0 aliphatic carbocycles.